The molecule has 0 saturated heterocycles. The first-order valence-corrected chi connectivity index (χ1v) is 7.90. The minimum atomic E-state index is 0.498. The lowest BCUT2D eigenvalue weighted by Crippen LogP contribution is -2.26. The zero-order valence-corrected chi connectivity index (χ0v) is 12.2. The molecule has 1 atom stereocenters. The van der Waals surface area contributed by atoms with Crippen LogP contribution in [0.1, 0.15) is 49.9 Å². The van der Waals surface area contributed by atoms with Crippen LogP contribution < -0.4 is 5.32 Å². The smallest absolute Gasteiger partial charge is 0.0386 e. The van der Waals surface area contributed by atoms with Gasteiger partial charge in [0.2, 0.25) is 0 Å². The van der Waals surface area contributed by atoms with Gasteiger partial charge in [-0.2, -0.15) is 0 Å². The summed E-state index contributed by atoms with van der Waals surface area (Å²) in [4.78, 5) is 1.43. The molecule has 1 aromatic rings. The van der Waals surface area contributed by atoms with Gasteiger partial charge in [0.15, 0.2) is 0 Å². The van der Waals surface area contributed by atoms with E-state index in [1.54, 1.807) is 0 Å². The molecule has 1 heterocycles. The molecule has 1 fully saturated rings. The zero-order chi connectivity index (χ0) is 11.4. The van der Waals surface area contributed by atoms with Gasteiger partial charge in [0.1, 0.15) is 0 Å². The van der Waals surface area contributed by atoms with E-state index in [2.05, 4.69) is 39.6 Å². The topological polar surface area (TPSA) is 12.0 Å². The Morgan fingerprint density at radius 2 is 2.19 bits per heavy atom. The lowest BCUT2D eigenvalue weighted by Gasteiger charge is -2.23. The highest BCUT2D eigenvalue weighted by atomic mass is 79.9. The first kappa shape index (κ1) is 12.6. The predicted molar refractivity (Wildman–Crippen MR) is 75.0 cm³/mol. The standard InChI is InChI=1S/C13H20BrNS/c1-10(13-7-12(14)9-16-13)15-8-11-5-3-2-4-6-11/h7,9-11,15H,2-6,8H2,1H3. The zero-order valence-electron chi connectivity index (χ0n) is 9.84. The minimum Gasteiger partial charge on any atom is -0.309 e. The van der Waals surface area contributed by atoms with Gasteiger partial charge >= 0.3 is 0 Å². The quantitative estimate of drug-likeness (QED) is 0.847. The van der Waals surface area contributed by atoms with E-state index in [9.17, 15) is 0 Å². The van der Waals surface area contributed by atoms with Crippen molar-refractivity contribution in [3.8, 4) is 0 Å². The van der Waals surface area contributed by atoms with Crippen LogP contribution in [0.25, 0.3) is 0 Å². The van der Waals surface area contributed by atoms with Crippen LogP contribution in [-0.4, -0.2) is 6.54 Å². The Balaban J connectivity index is 1.76. The molecule has 1 aliphatic carbocycles. The number of thiophene rings is 1. The SMILES string of the molecule is CC(NCC1CCCCC1)c1cc(Br)cs1. The van der Waals surface area contributed by atoms with Crippen LogP contribution in [0.4, 0.5) is 0 Å². The van der Waals surface area contributed by atoms with E-state index in [1.807, 2.05) is 11.3 Å². The second-order valence-corrected chi connectivity index (χ2v) is 6.66. The Morgan fingerprint density at radius 1 is 1.44 bits per heavy atom. The van der Waals surface area contributed by atoms with Crippen LogP contribution in [0, 0.1) is 5.92 Å². The summed E-state index contributed by atoms with van der Waals surface area (Å²) in [5, 5.41) is 5.83. The Morgan fingerprint density at radius 3 is 2.81 bits per heavy atom. The Bertz CT molecular complexity index is 317. The number of halogens is 1. The fourth-order valence-corrected chi connectivity index (χ4v) is 3.87. The maximum Gasteiger partial charge on any atom is 0.0386 e. The highest BCUT2D eigenvalue weighted by Crippen LogP contribution is 2.27. The fourth-order valence-electron chi connectivity index (χ4n) is 2.39. The number of nitrogens with one attached hydrogen (secondary N) is 1. The third-order valence-electron chi connectivity index (χ3n) is 3.45. The lowest BCUT2D eigenvalue weighted by atomic mass is 9.89. The highest BCUT2D eigenvalue weighted by Gasteiger charge is 2.15. The first-order valence-electron chi connectivity index (χ1n) is 6.23. The molecule has 2 rings (SSSR count). The molecule has 1 saturated carbocycles. The van der Waals surface area contributed by atoms with Crippen molar-refractivity contribution in [2.45, 2.75) is 45.1 Å². The second kappa shape index (κ2) is 6.18. The average Bonchev–Trinajstić information content (AvgIpc) is 2.74. The summed E-state index contributed by atoms with van der Waals surface area (Å²) in [5.74, 6) is 0.916. The Labute approximate surface area is 111 Å². The maximum absolute atomic E-state index is 3.67. The van der Waals surface area contributed by atoms with Gasteiger partial charge in [0, 0.05) is 20.8 Å². The summed E-state index contributed by atoms with van der Waals surface area (Å²) in [6.45, 7) is 3.46. The summed E-state index contributed by atoms with van der Waals surface area (Å²) in [5.41, 5.74) is 0. The molecule has 3 heteroatoms. The highest BCUT2D eigenvalue weighted by molar-refractivity contribution is 9.10. The summed E-state index contributed by atoms with van der Waals surface area (Å²) in [7, 11) is 0. The number of rotatable bonds is 4. The van der Waals surface area contributed by atoms with Crippen LogP contribution in [0.2, 0.25) is 0 Å². The van der Waals surface area contributed by atoms with E-state index in [0.29, 0.717) is 6.04 Å². The predicted octanol–water partition coefficient (Wildman–Crippen LogP) is 4.74. The molecule has 0 radical (unpaired) electrons. The van der Waals surface area contributed by atoms with Gasteiger partial charge in [-0.15, -0.1) is 11.3 Å². The molecular weight excluding hydrogens is 282 g/mol. The third kappa shape index (κ3) is 3.57. The third-order valence-corrected chi connectivity index (χ3v) is 5.33. The molecule has 0 bridgehead atoms. The van der Waals surface area contributed by atoms with Crippen molar-refractivity contribution in [2.24, 2.45) is 5.92 Å². The molecule has 90 valence electrons. The summed E-state index contributed by atoms with van der Waals surface area (Å²) >= 11 is 5.35. The lowest BCUT2D eigenvalue weighted by molar-refractivity contribution is 0.332. The van der Waals surface area contributed by atoms with Gasteiger partial charge in [-0.3, -0.25) is 0 Å². The molecule has 0 aromatic carbocycles. The van der Waals surface area contributed by atoms with Crippen molar-refractivity contribution in [2.75, 3.05) is 6.54 Å². The Hall–Kier alpha value is 0.140. The van der Waals surface area contributed by atoms with Crippen molar-refractivity contribution in [3.05, 3.63) is 20.8 Å². The van der Waals surface area contributed by atoms with Crippen molar-refractivity contribution in [3.63, 3.8) is 0 Å². The van der Waals surface area contributed by atoms with Crippen LogP contribution in [-0.2, 0) is 0 Å². The van der Waals surface area contributed by atoms with E-state index in [1.165, 1.54) is 48.0 Å². The van der Waals surface area contributed by atoms with Crippen LogP contribution in [0.5, 0.6) is 0 Å². The van der Waals surface area contributed by atoms with Crippen molar-refractivity contribution < 1.29 is 0 Å². The van der Waals surface area contributed by atoms with Crippen molar-refractivity contribution in [1.82, 2.24) is 5.32 Å². The molecule has 0 aliphatic heterocycles. The summed E-state index contributed by atoms with van der Waals surface area (Å²) in [6, 6.07) is 2.72. The maximum atomic E-state index is 3.67. The van der Waals surface area contributed by atoms with Crippen LogP contribution in [0.3, 0.4) is 0 Å². The van der Waals surface area contributed by atoms with Gasteiger partial charge < -0.3 is 5.32 Å². The molecule has 1 aromatic heterocycles. The first-order chi connectivity index (χ1) is 7.75. The van der Waals surface area contributed by atoms with Gasteiger partial charge in [0.25, 0.3) is 0 Å². The Kier molecular flexibility index (Phi) is 4.86. The molecule has 1 aliphatic rings. The van der Waals surface area contributed by atoms with Gasteiger partial charge in [-0.25, -0.2) is 0 Å². The summed E-state index contributed by atoms with van der Waals surface area (Å²) < 4.78 is 1.21. The van der Waals surface area contributed by atoms with Gasteiger partial charge in [-0.1, -0.05) is 19.3 Å². The van der Waals surface area contributed by atoms with Crippen molar-refractivity contribution >= 4 is 27.3 Å². The molecule has 1 N–H and O–H groups in total. The number of hydrogen-bond acceptors (Lipinski definition) is 2. The monoisotopic (exact) mass is 301 g/mol. The fraction of sp³-hybridized carbons (Fsp3) is 0.692. The molecule has 1 unspecified atom stereocenters. The van der Waals surface area contributed by atoms with Crippen molar-refractivity contribution in [1.29, 1.82) is 0 Å². The van der Waals surface area contributed by atoms with E-state index >= 15 is 0 Å². The molecule has 0 amide bonds. The van der Waals surface area contributed by atoms with Crippen LogP contribution >= 0.6 is 27.3 Å². The van der Waals surface area contributed by atoms with E-state index in [4.69, 9.17) is 0 Å². The van der Waals surface area contributed by atoms with E-state index in [0.717, 1.165) is 5.92 Å². The molecule has 16 heavy (non-hydrogen) atoms. The second-order valence-electron chi connectivity index (χ2n) is 4.80. The average molecular weight is 302 g/mol. The van der Waals surface area contributed by atoms with E-state index in [-0.39, 0.29) is 0 Å². The minimum absolute atomic E-state index is 0.498. The largest absolute Gasteiger partial charge is 0.309 e. The molecule has 1 nitrogen and oxygen atoms in total. The van der Waals surface area contributed by atoms with E-state index < -0.39 is 0 Å². The summed E-state index contributed by atoms with van der Waals surface area (Å²) in [6.07, 6.45) is 7.17. The molecule has 0 spiro atoms. The van der Waals surface area contributed by atoms with Crippen LogP contribution in [0.15, 0.2) is 15.9 Å². The molecular formula is C13H20BrNS. The van der Waals surface area contributed by atoms with Gasteiger partial charge in [0.05, 0.1) is 0 Å². The normalized spacial score (nSPS) is 19.9. The van der Waals surface area contributed by atoms with Gasteiger partial charge in [-0.05, 0) is 54.2 Å². The number of hydrogen-bond donors (Lipinski definition) is 1.